The highest BCUT2D eigenvalue weighted by Crippen LogP contribution is 2.27. The molecule has 1 atom stereocenters. The van der Waals surface area contributed by atoms with Crippen molar-refractivity contribution in [1.82, 2.24) is 10.2 Å². The van der Waals surface area contributed by atoms with Crippen LogP contribution in [-0.4, -0.2) is 43.5 Å². The van der Waals surface area contributed by atoms with E-state index in [1.807, 2.05) is 35.2 Å². The molecule has 7 heteroatoms. The minimum Gasteiger partial charge on any atom is -0.495 e. The van der Waals surface area contributed by atoms with E-state index in [4.69, 9.17) is 16.3 Å². The number of benzene rings is 2. The highest BCUT2D eigenvalue weighted by molar-refractivity contribution is 6.32. The summed E-state index contributed by atoms with van der Waals surface area (Å²) >= 11 is 6.16. The molecule has 1 saturated heterocycles. The number of ether oxygens (including phenoxy) is 1. The molecule has 1 aliphatic rings. The molecule has 0 unspecified atom stereocenters. The zero-order valence-electron chi connectivity index (χ0n) is 16.5. The summed E-state index contributed by atoms with van der Waals surface area (Å²) in [4.78, 5) is 27.1. The number of amides is 2. The van der Waals surface area contributed by atoms with Gasteiger partial charge in [0.2, 0.25) is 11.8 Å². The molecule has 29 heavy (non-hydrogen) atoms. The van der Waals surface area contributed by atoms with Crippen LogP contribution in [0.25, 0.3) is 0 Å². The summed E-state index contributed by atoms with van der Waals surface area (Å²) in [6.07, 6.45) is 2.50. The average molecular weight is 416 g/mol. The molecule has 0 aliphatic carbocycles. The Hall–Kier alpha value is -2.57. The zero-order chi connectivity index (χ0) is 20.6. The van der Waals surface area contributed by atoms with Crippen LogP contribution in [0.5, 0.6) is 5.75 Å². The molecule has 1 aliphatic heterocycles. The average Bonchev–Trinajstić information content (AvgIpc) is 3.27. The van der Waals surface area contributed by atoms with Crippen molar-refractivity contribution < 1.29 is 14.3 Å². The Morgan fingerprint density at radius 1 is 1.14 bits per heavy atom. The number of carbonyl (C=O) groups excluding carboxylic acids is 2. The van der Waals surface area contributed by atoms with Gasteiger partial charge >= 0.3 is 0 Å². The number of methoxy groups -OCH3 is 1. The predicted octanol–water partition coefficient (Wildman–Crippen LogP) is 3.63. The van der Waals surface area contributed by atoms with E-state index < -0.39 is 6.04 Å². The minimum absolute atomic E-state index is 0.129. The van der Waals surface area contributed by atoms with Gasteiger partial charge in [0.1, 0.15) is 11.8 Å². The molecular formula is C22H26ClN3O3. The Labute approximate surface area is 176 Å². The smallest absolute Gasteiger partial charge is 0.246 e. The topological polar surface area (TPSA) is 70.7 Å². The number of rotatable bonds is 8. The molecule has 0 radical (unpaired) electrons. The fourth-order valence-electron chi connectivity index (χ4n) is 3.41. The number of carbonyl (C=O) groups is 2. The number of anilines is 1. The lowest BCUT2D eigenvalue weighted by Gasteiger charge is -2.20. The quantitative estimate of drug-likeness (QED) is 0.690. The first-order valence-electron chi connectivity index (χ1n) is 9.79. The Morgan fingerprint density at radius 3 is 2.52 bits per heavy atom. The highest BCUT2D eigenvalue weighted by atomic mass is 35.5. The maximum Gasteiger partial charge on any atom is 0.246 e. The van der Waals surface area contributed by atoms with Gasteiger partial charge in [-0.3, -0.25) is 9.59 Å². The molecule has 0 saturated carbocycles. The first-order valence-corrected chi connectivity index (χ1v) is 10.2. The fourth-order valence-corrected chi connectivity index (χ4v) is 3.67. The van der Waals surface area contributed by atoms with Crippen LogP contribution in [0.4, 0.5) is 5.69 Å². The number of likely N-dealkylation sites (tertiary alicyclic amines) is 1. The molecule has 2 aromatic carbocycles. The van der Waals surface area contributed by atoms with E-state index in [9.17, 15) is 9.59 Å². The number of nitrogens with zero attached hydrogens (tertiary/aromatic N) is 1. The predicted molar refractivity (Wildman–Crippen MR) is 114 cm³/mol. The molecule has 0 spiro atoms. The third-order valence-electron chi connectivity index (χ3n) is 4.96. The molecule has 0 bridgehead atoms. The molecule has 2 N–H and O–H groups in total. The third kappa shape index (κ3) is 5.71. The van der Waals surface area contributed by atoms with Gasteiger partial charge < -0.3 is 20.3 Å². The Kier molecular flexibility index (Phi) is 7.49. The van der Waals surface area contributed by atoms with Crippen LogP contribution in [-0.2, 0) is 9.59 Å². The van der Waals surface area contributed by atoms with E-state index in [-0.39, 0.29) is 11.8 Å². The van der Waals surface area contributed by atoms with Gasteiger partial charge in [0.15, 0.2) is 0 Å². The van der Waals surface area contributed by atoms with Crippen molar-refractivity contribution in [3.05, 3.63) is 59.1 Å². The van der Waals surface area contributed by atoms with Crippen molar-refractivity contribution in [2.45, 2.75) is 25.3 Å². The second-order valence-corrected chi connectivity index (χ2v) is 7.38. The molecule has 1 fully saturated rings. The normalized spacial score (nSPS) is 14.5. The largest absolute Gasteiger partial charge is 0.495 e. The minimum atomic E-state index is -0.580. The van der Waals surface area contributed by atoms with Gasteiger partial charge in [-0.25, -0.2) is 0 Å². The van der Waals surface area contributed by atoms with Crippen LogP contribution in [0.1, 0.15) is 30.9 Å². The molecule has 2 amide bonds. The van der Waals surface area contributed by atoms with E-state index in [0.717, 1.165) is 31.5 Å². The first kappa shape index (κ1) is 21.1. The number of nitrogens with one attached hydrogen (secondary N) is 2. The van der Waals surface area contributed by atoms with Crippen LogP contribution >= 0.6 is 11.6 Å². The first-order chi connectivity index (χ1) is 14.1. The summed E-state index contributed by atoms with van der Waals surface area (Å²) in [5.41, 5.74) is 1.41. The van der Waals surface area contributed by atoms with Crippen molar-refractivity contribution in [2.75, 3.05) is 32.1 Å². The maximum absolute atomic E-state index is 13.0. The van der Waals surface area contributed by atoms with Gasteiger partial charge in [-0.15, -0.1) is 0 Å². The number of halogens is 1. The molecular weight excluding hydrogens is 390 g/mol. The summed E-state index contributed by atoms with van der Waals surface area (Å²) in [5.74, 6) is 0.457. The van der Waals surface area contributed by atoms with Gasteiger partial charge in [0.25, 0.3) is 0 Å². The summed E-state index contributed by atoms with van der Waals surface area (Å²) < 4.78 is 5.15. The van der Waals surface area contributed by atoms with E-state index >= 15 is 0 Å². The van der Waals surface area contributed by atoms with Crippen molar-refractivity contribution in [3.8, 4) is 5.75 Å². The molecule has 2 aromatic rings. The number of hydrogen-bond acceptors (Lipinski definition) is 4. The van der Waals surface area contributed by atoms with Gasteiger partial charge in [0.05, 0.1) is 12.1 Å². The lowest BCUT2D eigenvalue weighted by Crippen LogP contribution is -2.36. The Bertz CT molecular complexity index is 838. The van der Waals surface area contributed by atoms with Gasteiger partial charge in [-0.05, 0) is 36.6 Å². The fraction of sp³-hybridized carbons (Fsp3) is 0.364. The Morgan fingerprint density at radius 2 is 1.86 bits per heavy atom. The standard InChI is InChI=1S/C22H26ClN3O3/c1-29-19-10-9-17(15-18(19)23)25-22(28)21(16-7-3-2-4-8-16)24-12-11-20(27)26-13-5-6-14-26/h2-4,7-10,15,21,24H,5-6,11-14H2,1H3,(H,25,28)/t21-/m0/s1. The monoisotopic (exact) mass is 415 g/mol. The van der Waals surface area contributed by atoms with Crippen molar-refractivity contribution in [3.63, 3.8) is 0 Å². The molecule has 1 heterocycles. The van der Waals surface area contributed by atoms with E-state index in [1.54, 1.807) is 18.2 Å². The zero-order valence-corrected chi connectivity index (χ0v) is 17.2. The summed E-state index contributed by atoms with van der Waals surface area (Å²) in [6.45, 7) is 2.09. The lowest BCUT2D eigenvalue weighted by molar-refractivity contribution is -0.130. The summed E-state index contributed by atoms with van der Waals surface area (Å²) in [6, 6.07) is 14.0. The molecule has 0 aromatic heterocycles. The van der Waals surface area contributed by atoms with Gasteiger partial charge in [0, 0.05) is 31.7 Å². The van der Waals surface area contributed by atoms with Crippen LogP contribution in [0.3, 0.4) is 0 Å². The maximum atomic E-state index is 13.0. The third-order valence-corrected chi connectivity index (χ3v) is 5.26. The van der Waals surface area contributed by atoms with Gasteiger partial charge in [-0.2, -0.15) is 0 Å². The summed E-state index contributed by atoms with van der Waals surface area (Å²) in [5, 5.41) is 6.54. The van der Waals surface area contributed by atoms with Crippen LogP contribution < -0.4 is 15.4 Å². The van der Waals surface area contributed by atoms with Crippen LogP contribution in [0.2, 0.25) is 5.02 Å². The van der Waals surface area contributed by atoms with E-state index in [1.165, 1.54) is 7.11 Å². The highest BCUT2D eigenvalue weighted by Gasteiger charge is 2.22. The SMILES string of the molecule is COc1ccc(NC(=O)[C@@H](NCCC(=O)N2CCCC2)c2ccccc2)cc1Cl. The number of hydrogen-bond donors (Lipinski definition) is 2. The van der Waals surface area contributed by atoms with Gasteiger partial charge in [-0.1, -0.05) is 41.9 Å². The Balaban J connectivity index is 1.65. The second kappa shape index (κ2) is 10.3. The molecule has 6 nitrogen and oxygen atoms in total. The van der Waals surface area contributed by atoms with Crippen LogP contribution in [0, 0.1) is 0 Å². The van der Waals surface area contributed by atoms with Crippen molar-refractivity contribution in [2.24, 2.45) is 0 Å². The van der Waals surface area contributed by atoms with Crippen LogP contribution in [0.15, 0.2) is 48.5 Å². The van der Waals surface area contributed by atoms with Crippen molar-refractivity contribution >= 4 is 29.1 Å². The summed E-state index contributed by atoms with van der Waals surface area (Å²) in [7, 11) is 1.54. The molecule has 3 rings (SSSR count). The molecule has 154 valence electrons. The van der Waals surface area contributed by atoms with E-state index in [0.29, 0.717) is 29.4 Å². The van der Waals surface area contributed by atoms with E-state index in [2.05, 4.69) is 10.6 Å². The lowest BCUT2D eigenvalue weighted by atomic mass is 10.1. The second-order valence-electron chi connectivity index (χ2n) is 6.97. The van der Waals surface area contributed by atoms with Crippen molar-refractivity contribution in [1.29, 1.82) is 0 Å².